The first-order valence-electron chi connectivity index (χ1n) is 8.49. The molecule has 0 saturated carbocycles. The van der Waals surface area contributed by atoms with Crippen molar-refractivity contribution in [3.63, 3.8) is 0 Å². The molecular formula is C17H19Cl2F3N7O+. The summed E-state index contributed by atoms with van der Waals surface area (Å²) in [6.07, 6.45) is -3.16. The molecule has 0 fully saturated rings. The topological polar surface area (TPSA) is 122 Å². The zero-order chi connectivity index (χ0) is 22.5. The van der Waals surface area contributed by atoms with Gasteiger partial charge in [-0.25, -0.2) is 9.78 Å². The Morgan fingerprint density at radius 3 is 2.47 bits per heavy atom. The lowest BCUT2D eigenvalue weighted by molar-refractivity contribution is -0.565. The maximum Gasteiger partial charge on any atom is 0.417 e. The van der Waals surface area contributed by atoms with Crippen LogP contribution in [0.4, 0.5) is 35.3 Å². The average Bonchev–Trinajstić information content (AvgIpc) is 2.62. The number of hydrogen-bond acceptors (Lipinski definition) is 5. The summed E-state index contributed by atoms with van der Waals surface area (Å²) >= 11 is 11.5. The maximum absolute atomic E-state index is 13.6. The number of anilines is 2. The number of pyridine rings is 2. The van der Waals surface area contributed by atoms with Gasteiger partial charge in [0.15, 0.2) is 5.82 Å². The van der Waals surface area contributed by atoms with Gasteiger partial charge in [-0.05, 0) is 31.2 Å². The molecule has 0 radical (unpaired) electrons. The molecule has 2 aromatic rings. The van der Waals surface area contributed by atoms with Gasteiger partial charge >= 0.3 is 12.2 Å². The van der Waals surface area contributed by atoms with Gasteiger partial charge in [0.25, 0.3) is 0 Å². The zero-order valence-electron chi connectivity index (χ0n) is 15.6. The molecule has 13 heteroatoms. The first-order chi connectivity index (χ1) is 14.0. The number of alkyl halides is 3. The number of rotatable bonds is 7. The van der Waals surface area contributed by atoms with Gasteiger partial charge in [0.05, 0.1) is 17.7 Å². The van der Waals surface area contributed by atoms with E-state index >= 15 is 0 Å². The van der Waals surface area contributed by atoms with Crippen LogP contribution in [0.15, 0.2) is 30.9 Å². The van der Waals surface area contributed by atoms with Crippen LogP contribution in [0, 0.1) is 0 Å². The Bertz CT molecular complexity index is 918. The van der Waals surface area contributed by atoms with Gasteiger partial charge < -0.3 is 11.1 Å². The van der Waals surface area contributed by atoms with E-state index in [1.165, 1.54) is 30.4 Å². The Morgan fingerprint density at radius 2 is 1.93 bits per heavy atom. The number of quaternary nitrogens is 1. The molecule has 0 bridgehead atoms. The van der Waals surface area contributed by atoms with Crippen molar-refractivity contribution >= 4 is 46.6 Å². The van der Waals surface area contributed by atoms with Crippen molar-refractivity contribution in [1.29, 1.82) is 0 Å². The number of carbonyl (C=O) groups excluding carboxylic acids is 1. The lowest BCUT2D eigenvalue weighted by atomic mass is 10.0. The summed E-state index contributed by atoms with van der Waals surface area (Å²) in [5, 5.41) is 3.97. The summed E-state index contributed by atoms with van der Waals surface area (Å²) in [5.74, 6) is -0.194. The van der Waals surface area contributed by atoms with Crippen LogP contribution < -0.4 is 27.2 Å². The third-order valence-electron chi connectivity index (χ3n) is 3.65. The third kappa shape index (κ3) is 6.46. The number of aromatic nitrogens is 2. The van der Waals surface area contributed by atoms with E-state index in [-0.39, 0.29) is 39.7 Å². The minimum atomic E-state index is -4.67. The second-order valence-corrected chi connectivity index (χ2v) is 6.85. The molecule has 0 spiro atoms. The number of nitrogens with two attached hydrogens (primary N) is 2. The molecule has 1 unspecified atom stereocenters. The van der Waals surface area contributed by atoms with Gasteiger partial charge in [0.2, 0.25) is 5.82 Å². The summed E-state index contributed by atoms with van der Waals surface area (Å²) in [4.78, 5) is 19.9. The fourth-order valence-electron chi connectivity index (χ4n) is 2.52. The zero-order valence-corrected chi connectivity index (χ0v) is 17.2. The highest BCUT2D eigenvalue weighted by molar-refractivity contribution is 6.32. The van der Waals surface area contributed by atoms with Crippen LogP contribution in [-0.2, 0) is 6.18 Å². The molecule has 2 amide bonds. The first kappa shape index (κ1) is 23.7. The fraction of sp³-hybridized carbons (Fsp3) is 0.235. The predicted molar refractivity (Wildman–Crippen MR) is 109 cm³/mol. The van der Waals surface area contributed by atoms with E-state index in [0.717, 1.165) is 6.07 Å². The number of nitrogens with zero attached hydrogens (tertiary/aromatic N) is 2. The lowest BCUT2D eigenvalue weighted by Gasteiger charge is -2.19. The largest absolute Gasteiger partial charge is 0.417 e. The van der Waals surface area contributed by atoms with Crippen molar-refractivity contribution in [3.8, 4) is 0 Å². The van der Waals surface area contributed by atoms with Crippen LogP contribution in [0.3, 0.4) is 0 Å². The summed E-state index contributed by atoms with van der Waals surface area (Å²) in [5.41, 5.74) is 9.42. The van der Waals surface area contributed by atoms with Gasteiger partial charge in [0, 0.05) is 11.7 Å². The van der Waals surface area contributed by atoms with Crippen molar-refractivity contribution in [3.05, 3.63) is 52.3 Å². The van der Waals surface area contributed by atoms with Gasteiger partial charge in [-0.2, -0.15) is 18.2 Å². The van der Waals surface area contributed by atoms with Gasteiger partial charge in [-0.1, -0.05) is 29.8 Å². The Balaban J connectivity index is 2.25. The average molecular weight is 465 g/mol. The predicted octanol–water partition coefficient (Wildman–Crippen LogP) is 3.35. The number of urea groups is 1. The van der Waals surface area contributed by atoms with Crippen molar-refractivity contribution in [2.24, 2.45) is 5.73 Å². The smallest absolute Gasteiger partial charge is 0.324 e. The highest BCUT2D eigenvalue weighted by Gasteiger charge is 2.37. The van der Waals surface area contributed by atoms with Gasteiger partial charge in [0.1, 0.15) is 10.3 Å². The molecule has 0 aromatic carbocycles. The molecule has 2 rings (SSSR count). The lowest BCUT2D eigenvalue weighted by Crippen LogP contribution is -2.78. The summed E-state index contributed by atoms with van der Waals surface area (Å²) in [6, 6.07) is 1.73. The molecule has 0 saturated heterocycles. The molecule has 0 aliphatic heterocycles. The minimum Gasteiger partial charge on any atom is -0.324 e. The van der Waals surface area contributed by atoms with Crippen LogP contribution in [0.25, 0.3) is 0 Å². The second-order valence-electron chi connectivity index (χ2n) is 6.07. The van der Waals surface area contributed by atoms with Crippen LogP contribution in [-0.4, -0.2) is 22.5 Å². The molecule has 2 heterocycles. The third-order valence-corrected chi connectivity index (χ3v) is 4.04. The highest BCUT2D eigenvalue weighted by Crippen LogP contribution is 2.37. The quantitative estimate of drug-likeness (QED) is 0.244. The number of carbonyl (C=O) groups is 1. The molecule has 2 aromatic heterocycles. The van der Waals surface area contributed by atoms with Crippen LogP contribution in [0.1, 0.15) is 24.1 Å². The molecule has 8 nitrogen and oxygen atoms in total. The van der Waals surface area contributed by atoms with E-state index < -0.39 is 23.8 Å². The van der Waals surface area contributed by atoms with E-state index in [4.69, 9.17) is 28.9 Å². The molecular weight excluding hydrogens is 446 g/mol. The summed E-state index contributed by atoms with van der Waals surface area (Å²) in [6.45, 7) is 5.25. The van der Waals surface area contributed by atoms with E-state index in [0.29, 0.717) is 0 Å². The first-order valence-corrected chi connectivity index (χ1v) is 9.24. The number of halogens is 5. The summed E-state index contributed by atoms with van der Waals surface area (Å²) in [7, 11) is 0. The number of hydrogen-bond donors (Lipinski definition) is 5. The van der Waals surface area contributed by atoms with E-state index in [9.17, 15) is 18.0 Å². The monoisotopic (exact) mass is 464 g/mol. The summed E-state index contributed by atoms with van der Waals surface area (Å²) < 4.78 is 40.7. The van der Waals surface area contributed by atoms with Crippen LogP contribution in [0.2, 0.25) is 10.3 Å². The molecule has 30 heavy (non-hydrogen) atoms. The molecule has 1 atom stereocenters. The van der Waals surface area contributed by atoms with Crippen molar-refractivity contribution in [1.82, 2.24) is 15.4 Å². The molecule has 7 N–H and O–H groups in total. The van der Waals surface area contributed by atoms with E-state index in [1.54, 1.807) is 0 Å². The normalized spacial score (nSPS) is 12.2. The Kier molecular flexibility index (Phi) is 7.84. The second kappa shape index (κ2) is 9.94. The molecule has 162 valence electrons. The van der Waals surface area contributed by atoms with Crippen molar-refractivity contribution in [2.75, 3.05) is 17.3 Å². The fourth-order valence-corrected chi connectivity index (χ4v) is 2.98. The number of amides is 2. The van der Waals surface area contributed by atoms with Gasteiger partial charge in [-0.3, -0.25) is 16.2 Å². The van der Waals surface area contributed by atoms with Crippen LogP contribution in [0.5, 0.6) is 0 Å². The molecule has 0 aliphatic carbocycles. The SMILES string of the molecule is C=CC[NH2+]c1nc(NNC(=O)Nc2cc(Cl)nc(Cl)c2)cc(C(F)(F)F)c1C(C)N. The van der Waals surface area contributed by atoms with E-state index in [1.807, 2.05) is 0 Å². The molecule has 0 aliphatic rings. The van der Waals surface area contributed by atoms with Crippen molar-refractivity contribution in [2.45, 2.75) is 19.1 Å². The Labute approximate surface area is 180 Å². The van der Waals surface area contributed by atoms with Crippen molar-refractivity contribution < 1.29 is 23.3 Å². The number of nitrogens with one attached hydrogen (secondary N) is 3. The number of hydrazine groups is 1. The highest BCUT2D eigenvalue weighted by atomic mass is 35.5. The Morgan fingerprint density at radius 1 is 1.30 bits per heavy atom. The Hall–Kier alpha value is -2.60. The standard InChI is InChI=1S/C17H18Cl2F3N7O/c1-3-4-24-15-14(8(2)23)10(17(20,21)22)7-13(27-15)28-29-16(30)25-9-5-11(18)26-12(19)6-9/h3,5-8H,1,4,23H2,2H3,(H2,24,27,28)(H2,25,26,29,30)/p+1. The maximum atomic E-state index is 13.6. The van der Waals surface area contributed by atoms with Gasteiger partial charge in [-0.15, -0.1) is 0 Å². The van der Waals surface area contributed by atoms with Crippen LogP contribution >= 0.6 is 23.2 Å². The minimum absolute atomic E-state index is 0.0390. The van der Waals surface area contributed by atoms with E-state index in [2.05, 4.69) is 32.7 Å².